The van der Waals surface area contributed by atoms with Crippen LogP contribution in [0, 0.1) is 0 Å². The molecule has 1 aromatic carbocycles. The Kier molecular flexibility index (Phi) is 3.30. The zero-order chi connectivity index (χ0) is 14.1. The number of methoxy groups -OCH3 is 1. The molecular formula is C12H11F3N2O2. The van der Waals surface area contributed by atoms with E-state index < -0.39 is 11.8 Å². The van der Waals surface area contributed by atoms with Gasteiger partial charge in [0.2, 0.25) is 0 Å². The Morgan fingerprint density at radius 1 is 1.37 bits per heavy atom. The van der Waals surface area contributed by atoms with Gasteiger partial charge in [0.25, 0.3) is 0 Å². The quantitative estimate of drug-likeness (QED) is 0.774. The zero-order valence-corrected chi connectivity index (χ0v) is 10.1. The molecule has 0 amide bonds. The van der Waals surface area contributed by atoms with Gasteiger partial charge < -0.3 is 9.53 Å². The van der Waals surface area contributed by atoms with Gasteiger partial charge in [0.1, 0.15) is 12.0 Å². The molecule has 0 spiro atoms. The third-order valence-corrected chi connectivity index (χ3v) is 2.92. The van der Waals surface area contributed by atoms with Crippen LogP contribution in [0.15, 0.2) is 28.4 Å². The first-order valence-corrected chi connectivity index (χ1v) is 5.56. The Morgan fingerprint density at radius 2 is 2.05 bits per heavy atom. The molecule has 0 atom stereocenters. The minimum absolute atomic E-state index is 0.0771. The molecular weight excluding hydrogens is 261 g/mol. The van der Waals surface area contributed by atoms with Crippen molar-refractivity contribution in [2.75, 3.05) is 7.11 Å². The number of carbonyl (C=O) groups excluding carboxylic acids is 1. The van der Waals surface area contributed by atoms with Crippen LogP contribution in [0.25, 0.3) is 0 Å². The average molecular weight is 272 g/mol. The van der Waals surface area contributed by atoms with E-state index in [1.165, 1.54) is 25.3 Å². The van der Waals surface area contributed by atoms with Crippen LogP contribution in [-0.4, -0.2) is 19.6 Å². The van der Waals surface area contributed by atoms with Gasteiger partial charge in [-0.05, 0) is 18.1 Å². The molecule has 102 valence electrons. The predicted molar refractivity (Wildman–Crippen MR) is 60.0 cm³/mol. The Balaban J connectivity index is 2.32. The normalized spacial score (nSPS) is 16.2. The second-order valence-corrected chi connectivity index (χ2v) is 4.10. The summed E-state index contributed by atoms with van der Waals surface area (Å²) in [7, 11) is 1.37. The third-order valence-electron chi connectivity index (χ3n) is 2.92. The topological polar surface area (TPSA) is 51.0 Å². The number of rotatable bonds is 5. The summed E-state index contributed by atoms with van der Waals surface area (Å²) in [6.07, 6.45) is -3.10. The number of hydrogen-bond donors (Lipinski definition) is 0. The molecule has 0 bridgehead atoms. The molecule has 1 aliphatic heterocycles. The first-order valence-electron chi connectivity index (χ1n) is 5.56. The maximum atomic E-state index is 12.8. The standard InChI is InChI=1S/C12H11F3N2O2/c1-19-10-7-9(5-4-8(10)3-2-6-18)11(16-17-11)12(13,14)15/h4-7H,2-3H2,1H3. The summed E-state index contributed by atoms with van der Waals surface area (Å²) >= 11 is 0. The van der Waals surface area contributed by atoms with Gasteiger partial charge in [-0.1, -0.05) is 12.1 Å². The minimum Gasteiger partial charge on any atom is -0.496 e. The lowest BCUT2D eigenvalue weighted by Gasteiger charge is -2.16. The van der Waals surface area contributed by atoms with E-state index in [2.05, 4.69) is 10.2 Å². The van der Waals surface area contributed by atoms with Gasteiger partial charge in [0.15, 0.2) is 0 Å². The molecule has 0 N–H and O–H groups in total. The smallest absolute Gasteiger partial charge is 0.442 e. The molecule has 0 saturated carbocycles. The summed E-state index contributed by atoms with van der Waals surface area (Å²) in [5, 5.41) is 6.26. The summed E-state index contributed by atoms with van der Waals surface area (Å²) in [6.45, 7) is 0. The lowest BCUT2D eigenvalue weighted by molar-refractivity contribution is -0.166. The van der Waals surface area contributed by atoms with Crippen LogP contribution < -0.4 is 4.74 Å². The molecule has 1 aliphatic rings. The van der Waals surface area contributed by atoms with Crippen LogP contribution in [0.3, 0.4) is 0 Å². The second-order valence-electron chi connectivity index (χ2n) is 4.10. The maximum absolute atomic E-state index is 12.8. The third kappa shape index (κ3) is 2.32. The Bertz CT molecular complexity index is 520. The summed E-state index contributed by atoms with van der Waals surface area (Å²) in [5.74, 6) is 0.306. The highest BCUT2D eigenvalue weighted by atomic mass is 19.4. The lowest BCUT2D eigenvalue weighted by atomic mass is 9.99. The average Bonchev–Trinajstić information content (AvgIpc) is 3.17. The van der Waals surface area contributed by atoms with Gasteiger partial charge in [0, 0.05) is 12.0 Å². The summed E-state index contributed by atoms with van der Waals surface area (Å²) in [5.41, 5.74) is -1.84. The minimum atomic E-state index is -4.55. The van der Waals surface area contributed by atoms with Gasteiger partial charge in [0.05, 0.1) is 7.11 Å². The van der Waals surface area contributed by atoms with E-state index in [1.54, 1.807) is 0 Å². The highest BCUT2D eigenvalue weighted by Gasteiger charge is 2.65. The van der Waals surface area contributed by atoms with Crippen LogP contribution >= 0.6 is 0 Å². The molecule has 1 heterocycles. The summed E-state index contributed by atoms with van der Waals surface area (Å²) in [6, 6.07) is 4.10. The van der Waals surface area contributed by atoms with E-state index >= 15 is 0 Å². The fourth-order valence-corrected chi connectivity index (χ4v) is 1.82. The van der Waals surface area contributed by atoms with Crippen molar-refractivity contribution >= 4 is 6.29 Å². The molecule has 7 heteroatoms. The van der Waals surface area contributed by atoms with Gasteiger partial charge in [-0.3, -0.25) is 0 Å². The van der Waals surface area contributed by atoms with Crippen LogP contribution in [0.5, 0.6) is 5.75 Å². The van der Waals surface area contributed by atoms with E-state index in [4.69, 9.17) is 4.74 Å². The fourth-order valence-electron chi connectivity index (χ4n) is 1.82. The van der Waals surface area contributed by atoms with Gasteiger partial charge >= 0.3 is 11.8 Å². The monoisotopic (exact) mass is 272 g/mol. The Morgan fingerprint density at radius 3 is 2.53 bits per heavy atom. The number of ether oxygens (including phenoxy) is 1. The zero-order valence-electron chi connectivity index (χ0n) is 10.1. The summed E-state index contributed by atoms with van der Waals surface area (Å²) in [4.78, 5) is 10.3. The second kappa shape index (κ2) is 4.64. The van der Waals surface area contributed by atoms with Crippen molar-refractivity contribution < 1.29 is 22.7 Å². The molecule has 0 fully saturated rings. The largest absolute Gasteiger partial charge is 0.496 e. The fraction of sp³-hybridized carbons (Fsp3) is 0.417. The molecule has 0 aromatic heterocycles. The number of aldehydes is 1. The Labute approximate surface area is 107 Å². The van der Waals surface area contributed by atoms with Crippen molar-refractivity contribution in [3.8, 4) is 5.75 Å². The van der Waals surface area contributed by atoms with Crippen LogP contribution in [0.1, 0.15) is 17.5 Å². The molecule has 4 nitrogen and oxygen atoms in total. The molecule has 0 radical (unpaired) electrons. The van der Waals surface area contributed by atoms with Crippen molar-refractivity contribution in [1.29, 1.82) is 0 Å². The van der Waals surface area contributed by atoms with Gasteiger partial charge in [-0.2, -0.15) is 13.2 Å². The SMILES string of the molecule is COc1cc(C2(C(F)(F)F)N=N2)ccc1CCC=O. The first kappa shape index (κ1) is 13.5. The van der Waals surface area contributed by atoms with Crippen molar-refractivity contribution in [3.05, 3.63) is 29.3 Å². The molecule has 0 unspecified atom stereocenters. The van der Waals surface area contributed by atoms with Crippen LogP contribution in [0.4, 0.5) is 13.2 Å². The molecule has 1 aromatic rings. The number of alkyl halides is 3. The predicted octanol–water partition coefficient (Wildman–Crippen LogP) is 3.01. The van der Waals surface area contributed by atoms with E-state index in [0.29, 0.717) is 17.7 Å². The number of carbonyl (C=O) groups is 1. The van der Waals surface area contributed by atoms with E-state index in [1.807, 2.05) is 0 Å². The number of halogens is 3. The molecule has 0 aliphatic carbocycles. The van der Waals surface area contributed by atoms with Crippen LogP contribution in [0.2, 0.25) is 0 Å². The van der Waals surface area contributed by atoms with E-state index in [-0.39, 0.29) is 12.0 Å². The van der Waals surface area contributed by atoms with Gasteiger partial charge in [-0.25, -0.2) is 0 Å². The molecule has 19 heavy (non-hydrogen) atoms. The van der Waals surface area contributed by atoms with Crippen molar-refractivity contribution in [2.45, 2.75) is 24.7 Å². The van der Waals surface area contributed by atoms with Crippen molar-refractivity contribution in [2.24, 2.45) is 10.2 Å². The van der Waals surface area contributed by atoms with E-state index in [9.17, 15) is 18.0 Å². The summed E-state index contributed by atoms with van der Waals surface area (Å²) < 4.78 is 43.6. The lowest BCUT2D eigenvalue weighted by Crippen LogP contribution is -2.30. The van der Waals surface area contributed by atoms with Crippen molar-refractivity contribution in [3.63, 3.8) is 0 Å². The van der Waals surface area contributed by atoms with Crippen molar-refractivity contribution in [1.82, 2.24) is 0 Å². The molecule has 2 rings (SSSR count). The highest BCUT2D eigenvalue weighted by molar-refractivity contribution is 5.51. The number of hydrogen-bond acceptors (Lipinski definition) is 4. The van der Waals surface area contributed by atoms with Crippen LogP contribution in [-0.2, 0) is 16.9 Å². The number of aryl methyl sites for hydroxylation is 1. The number of nitrogens with zero attached hydrogens (tertiary/aromatic N) is 2. The van der Waals surface area contributed by atoms with E-state index in [0.717, 1.165) is 6.29 Å². The first-order chi connectivity index (χ1) is 8.94. The Hall–Kier alpha value is -1.92. The highest BCUT2D eigenvalue weighted by Crippen LogP contribution is 2.52. The maximum Gasteiger partial charge on any atom is 0.442 e. The number of benzene rings is 1. The molecule has 0 saturated heterocycles. The van der Waals surface area contributed by atoms with Gasteiger partial charge in [-0.15, -0.1) is 10.2 Å².